The molecule has 0 unspecified atom stereocenters. The Balaban J connectivity index is 2.04. The largest absolute Gasteiger partial charge is 0.379 e. The van der Waals surface area contributed by atoms with Gasteiger partial charge in [-0.2, -0.15) is 0 Å². The van der Waals surface area contributed by atoms with Crippen LogP contribution in [0.25, 0.3) is 0 Å². The fraction of sp³-hybridized carbons (Fsp3) is 0.100. The Labute approximate surface area is 98.5 Å². The maximum absolute atomic E-state index is 11.0. The Morgan fingerprint density at radius 1 is 1.24 bits per heavy atom. The molecule has 0 atom stereocenters. The second-order valence-corrected chi connectivity index (χ2v) is 4.98. The molecular formula is C10H11N3O3S. The van der Waals surface area contributed by atoms with Gasteiger partial charge in [0.1, 0.15) is 12.0 Å². The Morgan fingerprint density at radius 2 is 1.94 bits per heavy atom. The lowest BCUT2D eigenvalue weighted by Gasteiger charge is -2.04. The summed E-state index contributed by atoms with van der Waals surface area (Å²) < 4.78 is 26.7. The maximum Gasteiger partial charge on any atom is 0.238 e. The van der Waals surface area contributed by atoms with Crippen LogP contribution in [-0.2, 0) is 16.6 Å². The summed E-state index contributed by atoms with van der Waals surface area (Å²) in [6.07, 6.45) is 1.49. The predicted molar refractivity (Wildman–Crippen MR) is 61.6 cm³/mol. The SMILES string of the molecule is NS(=O)(=O)c1ccc(NCc2ccon2)cc1. The molecule has 0 fully saturated rings. The summed E-state index contributed by atoms with van der Waals surface area (Å²) in [4.78, 5) is 0.0875. The number of nitrogens with zero attached hydrogens (tertiary/aromatic N) is 1. The smallest absolute Gasteiger partial charge is 0.238 e. The first-order valence-corrected chi connectivity index (χ1v) is 6.36. The van der Waals surface area contributed by atoms with Crippen LogP contribution in [-0.4, -0.2) is 13.6 Å². The molecule has 17 heavy (non-hydrogen) atoms. The number of nitrogens with two attached hydrogens (primary N) is 1. The molecule has 0 amide bonds. The van der Waals surface area contributed by atoms with Gasteiger partial charge in [-0.25, -0.2) is 13.6 Å². The van der Waals surface area contributed by atoms with Gasteiger partial charge in [-0.1, -0.05) is 5.16 Å². The van der Waals surface area contributed by atoms with E-state index in [1.807, 2.05) is 0 Å². The summed E-state index contributed by atoms with van der Waals surface area (Å²) in [5.74, 6) is 0. The van der Waals surface area contributed by atoms with Gasteiger partial charge in [0.2, 0.25) is 10.0 Å². The zero-order valence-electron chi connectivity index (χ0n) is 8.83. The molecule has 0 radical (unpaired) electrons. The van der Waals surface area contributed by atoms with Crippen molar-refractivity contribution in [1.82, 2.24) is 5.16 Å². The van der Waals surface area contributed by atoms with Crippen molar-refractivity contribution in [2.45, 2.75) is 11.4 Å². The van der Waals surface area contributed by atoms with Crippen molar-refractivity contribution in [1.29, 1.82) is 0 Å². The molecule has 7 heteroatoms. The van der Waals surface area contributed by atoms with Gasteiger partial charge in [-0.3, -0.25) is 0 Å². The quantitative estimate of drug-likeness (QED) is 0.844. The summed E-state index contributed by atoms with van der Waals surface area (Å²) in [5.41, 5.74) is 1.54. The van der Waals surface area contributed by atoms with E-state index < -0.39 is 10.0 Å². The van der Waals surface area contributed by atoms with E-state index >= 15 is 0 Å². The average molecular weight is 253 g/mol. The number of sulfonamides is 1. The molecule has 0 spiro atoms. The van der Waals surface area contributed by atoms with Crippen LogP contribution in [0.1, 0.15) is 5.69 Å². The molecule has 6 nitrogen and oxygen atoms in total. The number of hydrogen-bond donors (Lipinski definition) is 2. The number of anilines is 1. The summed E-state index contributed by atoms with van der Waals surface area (Å²) in [7, 11) is -3.63. The minimum absolute atomic E-state index is 0.0875. The van der Waals surface area contributed by atoms with E-state index in [0.717, 1.165) is 11.4 Å². The van der Waals surface area contributed by atoms with Crippen LogP contribution in [0.5, 0.6) is 0 Å². The van der Waals surface area contributed by atoms with E-state index in [-0.39, 0.29) is 4.90 Å². The van der Waals surface area contributed by atoms with E-state index in [4.69, 9.17) is 5.14 Å². The summed E-state index contributed by atoms with van der Waals surface area (Å²) >= 11 is 0. The zero-order chi connectivity index (χ0) is 12.3. The molecule has 0 aliphatic heterocycles. The van der Waals surface area contributed by atoms with Gasteiger partial charge in [0.25, 0.3) is 0 Å². The highest BCUT2D eigenvalue weighted by Gasteiger charge is 2.06. The molecule has 2 aromatic rings. The third kappa shape index (κ3) is 3.05. The Morgan fingerprint density at radius 3 is 2.47 bits per heavy atom. The van der Waals surface area contributed by atoms with E-state index in [1.165, 1.54) is 18.4 Å². The molecule has 2 rings (SSSR count). The van der Waals surface area contributed by atoms with Crippen LogP contribution in [0.2, 0.25) is 0 Å². The number of benzene rings is 1. The molecule has 0 aliphatic rings. The Bertz CT molecular complexity index is 576. The van der Waals surface area contributed by atoms with Crippen molar-refractivity contribution in [3.05, 3.63) is 42.3 Å². The van der Waals surface area contributed by atoms with Crippen LogP contribution in [0, 0.1) is 0 Å². The number of nitrogens with one attached hydrogen (secondary N) is 1. The van der Waals surface area contributed by atoms with Gasteiger partial charge in [-0.15, -0.1) is 0 Å². The third-order valence-corrected chi connectivity index (χ3v) is 3.08. The molecule has 1 aromatic carbocycles. The minimum atomic E-state index is -3.63. The highest BCUT2D eigenvalue weighted by atomic mass is 32.2. The van der Waals surface area contributed by atoms with Crippen molar-refractivity contribution < 1.29 is 12.9 Å². The van der Waals surface area contributed by atoms with E-state index in [9.17, 15) is 8.42 Å². The topological polar surface area (TPSA) is 98.2 Å². The second kappa shape index (κ2) is 4.56. The number of primary sulfonamides is 1. The number of rotatable bonds is 4. The van der Waals surface area contributed by atoms with Crippen LogP contribution in [0.4, 0.5) is 5.69 Å². The fourth-order valence-corrected chi connectivity index (χ4v) is 1.80. The van der Waals surface area contributed by atoms with Crippen LogP contribution < -0.4 is 10.5 Å². The summed E-state index contributed by atoms with van der Waals surface area (Å²) in [5, 5.41) is 11.8. The van der Waals surface area contributed by atoms with Gasteiger partial charge >= 0.3 is 0 Å². The lowest BCUT2D eigenvalue weighted by Crippen LogP contribution is -2.12. The minimum Gasteiger partial charge on any atom is -0.379 e. The zero-order valence-corrected chi connectivity index (χ0v) is 9.65. The summed E-state index contributed by atoms with van der Waals surface area (Å²) in [6, 6.07) is 7.91. The highest BCUT2D eigenvalue weighted by molar-refractivity contribution is 7.89. The van der Waals surface area contributed by atoms with E-state index in [2.05, 4.69) is 15.0 Å². The first kappa shape index (κ1) is 11.6. The van der Waals surface area contributed by atoms with Crippen LogP contribution in [0.3, 0.4) is 0 Å². The van der Waals surface area contributed by atoms with Crippen molar-refractivity contribution in [3.8, 4) is 0 Å². The van der Waals surface area contributed by atoms with Crippen LogP contribution >= 0.6 is 0 Å². The average Bonchev–Trinajstić information content (AvgIpc) is 2.78. The molecule has 0 bridgehead atoms. The monoisotopic (exact) mass is 253 g/mol. The van der Waals surface area contributed by atoms with Gasteiger partial charge in [0, 0.05) is 11.8 Å². The lowest BCUT2D eigenvalue weighted by molar-refractivity contribution is 0.412. The molecule has 0 saturated carbocycles. The molecule has 1 heterocycles. The van der Waals surface area contributed by atoms with Crippen molar-refractivity contribution in [2.75, 3.05) is 5.32 Å². The second-order valence-electron chi connectivity index (χ2n) is 3.41. The van der Waals surface area contributed by atoms with Gasteiger partial charge < -0.3 is 9.84 Å². The fourth-order valence-electron chi connectivity index (χ4n) is 1.28. The molecule has 1 aromatic heterocycles. The van der Waals surface area contributed by atoms with Crippen molar-refractivity contribution >= 4 is 15.7 Å². The summed E-state index contributed by atoms with van der Waals surface area (Å²) in [6.45, 7) is 0.505. The standard InChI is InChI=1S/C10H11N3O3S/c11-17(14,15)10-3-1-8(2-4-10)12-7-9-5-6-16-13-9/h1-6,12H,7H2,(H2,11,14,15). The first-order valence-electron chi connectivity index (χ1n) is 4.82. The van der Waals surface area contributed by atoms with Gasteiger partial charge in [0.15, 0.2) is 0 Å². The Hall–Kier alpha value is -1.86. The predicted octanol–water partition coefficient (Wildman–Crippen LogP) is 0.934. The highest BCUT2D eigenvalue weighted by Crippen LogP contribution is 2.13. The normalized spacial score (nSPS) is 11.4. The third-order valence-electron chi connectivity index (χ3n) is 2.15. The van der Waals surface area contributed by atoms with Crippen molar-refractivity contribution in [2.24, 2.45) is 5.14 Å². The Kier molecular flexibility index (Phi) is 3.12. The number of hydrogen-bond acceptors (Lipinski definition) is 5. The first-order chi connectivity index (χ1) is 8.05. The number of aromatic nitrogens is 1. The van der Waals surface area contributed by atoms with Crippen molar-refractivity contribution in [3.63, 3.8) is 0 Å². The molecular weight excluding hydrogens is 242 g/mol. The van der Waals surface area contributed by atoms with E-state index in [0.29, 0.717) is 6.54 Å². The molecule has 0 aliphatic carbocycles. The lowest BCUT2D eigenvalue weighted by atomic mass is 10.3. The molecule has 3 N–H and O–H groups in total. The van der Waals surface area contributed by atoms with Gasteiger partial charge in [-0.05, 0) is 24.3 Å². The molecule has 0 saturated heterocycles. The van der Waals surface area contributed by atoms with Crippen LogP contribution in [0.15, 0.2) is 46.0 Å². The van der Waals surface area contributed by atoms with E-state index in [1.54, 1.807) is 18.2 Å². The molecule has 90 valence electrons. The maximum atomic E-state index is 11.0. The van der Waals surface area contributed by atoms with Gasteiger partial charge in [0.05, 0.1) is 11.4 Å².